The number of hydrogen-bond acceptors (Lipinski definition) is 6. The second-order valence-corrected chi connectivity index (χ2v) is 7.01. The molecule has 0 saturated carbocycles. The van der Waals surface area contributed by atoms with Gasteiger partial charge in [-0.15, -0.1) is 0 Å². The third kappa shape index (κ3) is 3.25. The summed E-state index contributed by atoms with van der Waals surface area (Å²) in [4.78, 5) is 18.8. The lowest BCUT2D eigenvalue weighted by Crippen LogP contribution is -2.39. The van der Waals surface area contributed by atoms with Gasteiger partial charge < -0.3 is 13.9 Å². The van der Waals surface area contributed by atoms with Crippen molar-refractivity contribution in [2.45, 2.75) is 45.5 Å². The smallest absolute Gasteiger partial charge is 0.292 e. The molecular weight excluding hydrogens is 370 g/mol. The Morgan fingerprint density at radius 1 is 1.32 bits per heavy atom. The molecule has 1 aliphatic rings. The number of hydrogen-bond donors (Lipinski definition) is 0. The molecule has 9 heteroatoms. The lowest BCUT2D eigenvalue weighted by atomic mass is 9.92. The van der Waals surface area contributed by atoms with Gasteiger partial charge in [0.1, 0.15) is 0 Å². The molecule has 148 valence electrons. The van der Waals surface area contributed by atoms with Gasteiger partial charge in [0, 0.05) is 36.3 Å². The predicted molar refractivity (Wildman–Crippen MR) is 95.3 cm³/mol. The number of pyridine rings is 1. The third-order valence-corrected chi connectivity index (χ3v) is 5.16. The number of fused-ring (bicyclic) bond motifs is 1. The van der Waals surface area contributed by atoms with Crippen LogP contribution in [0.1, 0.15) is 65.3 Å². The molecule has 7 nitrogen and oxygen atoms in total. The van der Waals surface area contributed by atoms with Crippen LogP contribution in [0.25, 0.3) is 11.1 Å². The van der Waals surface area contributed by atoms with Gasteiger partial charge in [-0.05, 0) is 32.3 Å². The first kappa shape index (κ1) is 18.5. The van der Waals surface area contributed by atoms with Crippen LogP contribution in [0.5, 0.6) is 0 Å². The summed E-state index contributed by atoms with van der Waals surface area (Å²) < 4.78 is 37.4. The van der Waals surface area contributed by atoms with Gasteiger partial charge in [-0.25, -0.2) is 13.8 Å². The second kappa shape index (κ2) is 7.29. The van der Waals surface area contributed by atoms with E-state index in [0.29, 0.717) is 36.6 Å². The van der Waals surface area contributed by atoms with Crippen LogP contribution in [0.2, 0.25) is 0 Å². The fraction of sp³-hybridized carbons (Fsp3) is 0.474. The molecule has 28 heavy (non-hydrogen) atoms. The second-order valence-electron chi connectivity index (χ2n) is 7.01. The summed E-state index contributed by atoms with van der Waals surface area (Å²) in [5.41, 5.74) is 1.57. The molecule has 3 aromatic rings. The average Bonchev–Trinajstić information content (AvgIpc) is 3.34. The number of halogens is 2. The molecule has 0 spiro atoms. The first-order valence-electron chi connectivity index (χ1n) is 9.27. The molecule has 1 aliphatic heterocycles. The molecule has 0 aliphatic carbocycles. The molecule has 1 unspecified atom stereocenters. The van der Waals surface area contributed by atoms with Crippen LogP contribution < -0.4 is 0 Å². The van der Waals surface area contributed by atoms with Crippen molar-refractivity contribution in [1.29, 1.82) is 0 Å². The SMILES string of the molecule is CCc1cc(C(=O)N2CCCC(c3cc(C(F)F)c4c(C)noc4n3)C2)on1. The van der Waals surface area contributed by atoms with E-state index in [9.17, 15) is 13.6 Å². The number of amides is 1. The molecule has 4 heterocycles. The van der Waals surface area contributed by atoms with Gasteiger partial charge in [0.15, 0.2) is 0 Å². The fourth-order valence-electron chi connectivity index (χ4n) is 3.67. The molecule has 1 atom stereocenters. The molecule has 0 radical (unpaired) electrons. The number of alkyl halides is 2. The van der Waals surface area contributed by atoms with E-state index in [0.717, 1.165) is 12.8 Å². The Labute approximate surface area is 159 Å². The quantitative estimate of drug-likeness (QED) is 0.668. The number of likely N-dealkylation sites (tertiary alicyclic amines) is 1. The molecule has 0 N–H and O–H groups in total. The van der Waals surface area contributed by atoms with E-state index in [1.807, 2.05) is 6.92 Å². The van der Waals surface area contributed by atoms with Crippen molar-refractivity contribution in [3.8, 4) is 0 Å². The lowest BCUT2D eigenvalue weighted by Gasteiger charge is -2.32. The van der Waals surface area contributed by atoms with Crippen molar-refractivity contribution in [3.05, 3.63) is 40.5 Å². The summed E-state index contributed by atoms with van der Waals surface area (Å²) >= 11 is 0. The Morgan fingerprint density at radius 2 is 2.14 bits per heavy atom. The molecule has 1 fully saturated rings. The highest BCUT2D eigenvalue weighted by Crippen LogP contribution is 2.34. The highest BCUT2D eigenvalue weighted by Gasteiger charge is 2.30. The van der Waals surface area contributed by atoms with Crippen LogP contribution in [0.3, 0.4) is 0 Å². The highest BCUT2D eigenvalue weighted by atomic mass is 19.3. The van der Waals surface area contributed by atoms with E-state index < -0.39 is 6.43 Å². The maximum absolute atomic E-state index is 13.6. The summed E-state index contributed by atoms with van der Waals surface area (Å²) in [6, 6.07) is 3.06. The van der Waals surface area contributed by atoms with Gasteiger partial charge in [-0.1, -0.05) is 17.2 Å². The molecule has 0 aromatic carbocycles. The maximum Gasteiger partial charge on any atom is 0.292 e. The van der Waals surface area contributed by atoms with Crippen molar-refractivity contribution >= 4 is 17.0 Å². The Balaban J connectivity index is 1.61. The number of aromatic nitrogens is 3. The first-order valence-corrected chi connectivity index (χ1v) is 9.27. The van der Waals surface area contributed by atoms with Crippen LogP contribution in [0.4, 0.5) is 8.78 Å². The van der Waals surface area contributed by atoms with Crippen LogP contribution in [0.15, 0.2) is 21.2 Å². The van der Waals surface area contributed by atoms with E-state index in [1.165, 1.54) is 6.07 Å². The Kier molecular flexibility index (Phi) is 4.82. The molecule has 4 rings (SSSR count). The fourth-order valence-corrected chi connectivity index (χ4v) is 3.67. The summed E-state index contributed by atoms with van der Waals surface area (Å²) in [7, 11) is 0. The third-order valence-electron chi connectivity index (χ3n) is 5.16. The minimum atomic E-state index is -2.66. The maximum atomic E-state index is 13.6. The number of nitrogens with zero attached hydrogens (tertiary/aromatic N) is 4. The van der Waals surface area contributed by atoms with Gasteiger partial charge in [-0.3, -0.25) is 4.79 Å². The minimum Gasteiger partial charge on any atom is -0.351 e. The van der Waals surface area contributed by atoms with E-state index >= 15 is 0 Å². The number of piperidine rings is 1. The normalized spacial score (nSPS) is 17.6. The summed E-state index contributed by atoms with van der Waals surface area (Å²) in [5, 5.41) is 7.88. The molecular formula is C19H20F2N4O3. The van der Waals surface area contributed by atoms with Crippen molar-refractivity contribution in [2.75, 3.05) is 13.1 Å². The number of carbonyl (C=O) groups excluding carboxylic acids is 1. The number of aryl methyl sites for hydroxylation is 2. The lowest BCUT2D eigenvalue weighted by molar-refractivity contribution is 0.0663. The summed E-state index contributed by atoms with van der Waals surface area (Å²) in [5.74, 6) is -0.221. The van der Waals surface area contributed by atoms with Crippen LogP contribution in [-0.4, -0.2) is 39.2 Å². The standard InChI is InChI=1S/C19H20F2N4O3/c1-3-12-7-15(27-24-12)19(26)25-6-4-5-11(9-25)14-8-13(17(20)21)16-10(2)23-28-18(16)22-14/h7-8,11,17H,3-6,9H2,1-2H3. The Hall–Kier alpha value is -2.84. The number of carbonyl (C=O) groups is 1. The van der Waals surface area contributed by atoms with E-state index in [4.69, 9.17) is 9.05 Å². The average molecular weight is 390 g/mol. The molecule has 0 bridgehead atoms. The monoisotopic (exact) mass is 390 g/mol. The van der Waals surface area contributed by atoms with Crippen LogP contribution >= 0.6 is 0 Å². The largest absolute Gasteiger partial charge is 0.351 e. The van der Waals surface area contributed by atoms with Gasteiger partial charge in [0.05, 0.1) is 16.8 Å². The van der Waals surface area contributed by atoms with Crippen LogP contribution in [0, 0.1) is 6.92 Å². The van der Waals surface area contributed by atoms with E-state index in [-0.39, 0.29) is 34.2 Å². The zero-order valence-corrected chi connectivity index (χ0v) is 15.6. The summed E-state index contributed by atoms with van der Waals surface area (Å²) in [6.45, 7) is 4.48. The first-order chi connectivity index (χ1) is 13.5. The Bertz CT molecular complexity index is 1010. The van der Waals surface area contributed by atoms with Crippen molar-refractivity contribution < 1.29 is 22.6 Å². The highest BCUT2D eigenvalue weighted by molar-refractivity contribution is 5.91. The molecule has 3 aromatic heterocycles. The zero-order chi connectivity index (χ0) is 19.8. The molecule has 1 amide bonds. The van der Waals surface area contributed by atoms with Gasteiger partial charge in [0.25, 0.3) is 18.0 Å². The number of rotatable bonds is 4. The van der Waals surface area contributed by atoms with Gasteiger partial charge in [-0.2, -0.15) is 0 Å². The topological polar surface area (TPSA) is 85.3 Å². The van der Waals surface area contributed by atoms with E-state index in [1.54, 1.807) is 17.9 Å². The predicted octanol–water partition coefficient (Wildman–Crippen LogP) is 4.04. The zero-order valence-electron chi connectivity index (χ0n) is 15.6. The van der Waals surface area contributed by atoms with E-state index in [2.05, 4.69) is 15.3 Å². The van der Waals surface area contributed by atoms with Crippen LogP contribution in [-0.2, 0) is 6.42 Å². The Morgan fingerprint density at radius 3 is 2.86 bits per heavy atom. The molecule has 1 saturated heterocycles. The van der Waals surface area contributed by atoms with Gasteiger partial charge >= 0.3 is 0 Å². The summed E-state index contributed by atoms with van der Waals surface area (Å²) in [6.07, 6.45) is -0.500. The van der Waals surface area contributed by atoms with Crippen molar-refractivity contribution in [2.24, 2.45) is 0 Å². The minimum absolute atomic E-state index is 0.108. The van der Waals surface area contributed by atoms with Crippen molar-refractivity contribution in [1.82, 2.24) is 20.2 Å². The van der Waals surface area contributed by atoms with Crippen molar-refractivity contribution in [3.63, 3.8) is 0 Å². The van der Waals surface area contributed by atoms with Gasteiger partial charge in [0.2, 0.25) is 5.76 Å².